The lowest BCUT2D eigenvalue weighted by atomic mass is 10.1. The van der Waals surface area contributed by atoms with Crippen LogP contribution in [0.2, 0.25) is 0 Å². The molecule has 0 aliphatic heterocycles. The molecule has 0 unspecified atom stereocenters. The zero-order chi connectivity index (χ0) is 9.68. The summed E-state index contributed by atoms with van der Waals surface area (Å²) in [5.41, 5.74) is 1.05. The minimum atomic E-state index is -0.522. The lowest BCUT2D eigenvalue weighted by molar-refractivity contribution is -0.104. The van der Waals surface area contributed by atoms with E-state index in [1.54, 1.807) is 30.3 Å². The Kier molecular flexibility index (Phi) is 3.41. The second-order valence-corrected chi connectivity index (χ2v) is 2.70. The van der Waals surface area contributed by atoms with Gasteiger partial charge in [-0.2, -0.15) is 0 Å². The molecule has 0 saturated heterocycles. The highest BCUT2D eigenvalue weighted by molar-refractivity contribution is 6.68. The van der Waals surface area contributed by atoms with Crippen molar-refractivity contribution in [3.05, 3.63) is 41.5 Å². The maximum absolute atomic E-state index is 10.9. The molecular formula is C10H7ClO2. The summed E-state index contributed by atoms with van der Waals surface area (Å²) in [4.78, 5) is 20.9. The maximum atomic E-state index is 10.9. The van der Waals surface area contributed by atoms with E-state index in [1.807, 2.05) is 0 Å². The molecule has 13 heavy (non-hydrogen) atoms. The maximum Gasteiger partial charge on any atom is 0.252 e. The standard InChI is InChI=1S/C10H7ClO2/c11-10(13)9-6-2-1-4-8(9)5-3-7-12/h1-7H/b5-3+. The van der Waals surface area contributed by atoms with Crippen LogP contribution in [0.3, 0.4) is 0 Å². The van der Waals surface area contributed by atoms with Gasteiger partial charge in [-0.05, 0) is 29.3 Å². The van der Waals surface area contributed by atoms with Gasteiger partial charge in [-0.3, -0.25) is 9.59 Å². The predicted molar refractivity (Wildman–Crippen MR) is 51.7 cm³/mol. The molecule has 0 bridgehead atoms. The van der Waals surface area contributed by atoms with Gasteiger partial charge in [-0.1, -0.05) is 24.3 Å². The van der Waals surface area contributed by atoms with E-state index in [4.69, 9.17) is 11.6 Å². The molecule has 1 aromatic rings. The Morgan fingerprint density at radius 3 is 2.62 bits per heavy atom. The summed E-state index contributed by atoms with van der Waals surface area (Å²) in [6, 6.07) is 6.82. The molecule has 0 radical (unpaired) electrons. The summed E-state index contributed by atoms with van der Waals surface area (Å²) in [5, 5.41) is -0.522. The Hall–Kier alpha value is -1.41. The molecule has 1 rings (SSSR count). The van der Waals surface area contributed by atoms with Gasteiger partial charge in [0, 0.05) is 5.56 Å². The highest BCUT2D eigenvalue weighted by Gasteiger charge is 2.04. The van der Waals surface area contributed by atoms with Crippen molar-refractivity contribution >= 4 is 29.2 Å². The number of carbonyl (C=O) groups excluding carboxylic acids is 2. The van der Waals surface area contributed by atoms with Gasteiger partial charge in [0.1, 0.15) is 6.29 Å². The molecule has 0 aliphatic rings. The fourth-order valence-electron chi connectivity index (χ4n) is 0.964. The SMILES string of the molecule is O=C/C=C/c1ccccc1C(=O)Cl. The third-order valence-corrected chi connectivity index (χ3v) is 1.73. The lowest BCUT2D eigenvalue weighted by Crippen LogP contribution is -1.91. The van der Waals surface area contributed by atoms with Gasteiger partial charge in [0.05, 0.1) is 0 Å². The number of halogens is 1. The van der Waals surface area contributed by atoms with Crippen LogP contribution in [0.1, 0.15) is 15.9 Å². The second kappa shape index (κ2) is 4.58. The first-order chi connectivity index (χ1) is 6.25. The summed E-state index contributed by atoms with van der Waals surface area (Å²) in [5.74, 6) is 0. The van der Waals surface area contributed by atoms with Gasteiger partial charge in [-0.15, -0.1) is 0 Å². The van der Waals surface area contributed by atoms with Gasteiger partial charge < -0.3 is 0 Å². The van der Waals surface area contributed by atoms with E-state index in [1.165, 1.54) is 6.08 Å². The molecule has 2 nitrogen and oxygen atoms in total. The van der Waals surface area contributed by atoms with Crippen molar-refractivity contribution in [1.29, 1.82) is 0 Å². The monoisotopic (exact) mass is 194 g/mol. The normalized spacial score (nSPS) is 10.2. The number of aldehydes is 1. The van der Waals surface area contributed by atoms with Crippen LogP contribution in [0, 0.1) is 0 Å². The van der Waals surface area contributed by atoms with Crippen LogP contribution in [-0.2, 0) is 4.79 Å². The fraction of sp³-hybridized carbons (Fsp3) is 0. The molecule has 0 spiro atoms. The summed E-state index contributed by atoms with van der Waals surface area (Å²) in [7, 11) is 0. The topological polar surface area (TPSA) is 34.1 Å². The molecule has 3 heteroatoms. The van der Waals surface area contributed by atoms with E-state index < -0.39 is 5.24 Å². The molecule has 1 aromatic carbocycles. The van der Waals surface area contributed by atoms with Crippen LogP contribution < -0.4 is 0 Å². The van der Waals surface area contributed by atoms with Crippen molar-refractivity contribution in [2.45, 2.75) is 0 Å². The first-order valence-electron chi connectivity index (χ1n) is 3.66. The third kappa shape index (κ3) is 2.53. The molecule has 0 aromatic heterocycles. The molecule has 0 heterocycles. The van der Waals surface area contributed by atoms with Crippen molar-refractivity contribution in [3.8, 4) is 0 Å². The van der Waals surface area contributed by atoms with E-state index in [2.05, 4.69) is 0 Å². The average molecular weight is 195 g/mol. The number of allylic oxidation sites excluding steroid dienone is 1. The molecule has 66 valence electrons. The van der Waals surface area contributed by atoms with Crippen molar-refractivity contribution < 1.29 is 9.59 Å². The summed E-state index contributed by atoms with van der Waals surface area (Å²) < 4.78 is 0. The zero-order valence-corrected chi connectivity index (χ0v) is 7.49. The number of hydrogen-bond donors (Lipinski definition) is 0. The first-order valence-corrected chi connectivity index (χ1v) is 4.04. The summed E-state index contributed by atoms with van der Waals surface area (Å²) >= 11 is 5.33. The predicted octanol–water partition coefficient (Wildman–Crippen LogP) is 2.28. The Labute approximate surface area is 80.8 Å². The first kappa shape index (κ1) is 9.68. The fourth-order valence-corrected chi connectivity index (χ4v) is 1.14. The quantitative estimate of drug-likeness (QED) is 0.420. The second-order valence-electron chi connectivity index (χ2n) is 2.36. The van der Waals surface area contributed by atoms with Crippen LogP contribution in [0.4, 0.5) is 0 Å². The van der Waals surface area contributed by atoms with Crippen molar-refractivity contribution in [2.75, 3.05) is 0 Å². The third-order valence-electron chi connectivity index (χ3n) is 1.53. The van der Waals surface area contributed by atoms with Crippen molar-refractivity contribution in [1.82, 2.24) is 0 Å². The number of hydrogen-bond acceptors (Lipinski definition) is 2. The largest absolute Gasteiger partial charge is 0.299 e. The van der Waals surface area contributed by atoms with E-state index in [0.717, 1.165) is 0 Å². The minimum absolute atomic E-state index is 0.405. The summed E-state index contributed by atoms with van der Waals surface area (Å²) in [6.07, 6.45) is 3.51. The van der Waals surface area contributed by atoms with Gasteiger partial charge in [0.2, 0.25) is 0 Å². The van der Waals surface area contributed by atoms with Crippen LogP contribution in [0.5, 0.6) is 0 Å². The molecule has 0 N–H and O–H groups in total. The molecule has 0 aliphatic carbocycles. The molecule has 0 atom stereocenters. The van der Waals surface area contributed by atoms with Crippen LogP contribution in [0.25, 0.3) is 6.08 Å². The number of carbonyl (C=O) groups is 2. The average Bonchev–Trinajstić information content (AvgIpc) is 2.15. The van der Waals surface area contributed by atoms with E-state index in [9.17, 15) is 9.59 Å². The highest BCUT2D eigenvalue weighted by Crippen LogP contribution is 2.12. The van der Waals surface area contributed by atoms with E-state index in [0.29, 0.717) is 17.4 Å². The smallest absolute Gasteiger partial charge is 0.252 e. The van der Waals surface area contributed by atoms with Crippen LogP contribution in [0.15, 0.2) is 30.3 Å². The Morgan fingerprint density at radius 1 is 1.31 bits per heavy atom. The number of benzene rings is 1. The van der Waals surface area contributed by atoms with Crippen molar-refractivity contribution in [3.63, 3.8) is 0 Å². The van der Waals surface area contributed by atoms with Gasteiger partial charge in [0.15, 0.2) is 0 Å². The van der Waals surface area contributed by atoms with Gasteiger partial charge >= 0.3 is 0 Å². The minimum Gasteiger partial charge on any atom is -0.299 e. The Bertz CT molecular complexity index is 356. The van der Waals surface area contributed by atoms with Crippen LogP contribution >= 0.6 is 11.6 Å². The van der Waals surface area contributed by atoms with Crippen LogP contribution in [-0.4, -0.2) is 11.5 Å². The van der Waals surface area contributed by atoms with E-state index >= 15 is 0 Å². The van der Waals surface area contributed by atoms with Gasteiger partial charge in [0.25, 0.3) is 5.24 Å². The lowest BCUT2D eigenvalue weighted by Gasteiger charge is -1.98. The molecule has 0 saturated carbocycles. The summed E-state index contributed by atoms with van der Waals surface area (Å²) in [6.45, 7) is 0. The zero-order valence-electron chi connectivity index (χ0n) is 6.74. The molecule has 0 fully saturated rings. The van der Waals surface area contributed by atoms with Gasteiger partial charge in [-0.25, -0.2) is 0 Å². The highest BCUT2D eigenvalue weighted by atomic mass is 35.5. The molecule has 0 amide bonds. The van der Waals surface area contributed by atoms with E-state index in [-0.39, 0.29) is 0 Å². The molecular weight excluding hydrogens is 188 g/mol. The van der Waals surface area contributed by atoms with Crippen molar-refractivity contribution in [2.24, 2.45) is 0 Å². The Morgan fingerprint density at radius 2 is 2.00 bits per heavy atom. The Balaban J connectivity index is 3.11. The number of rotatable bonds is 3.